The molecule has 2 rings (SSSR count). The zero-order chi connectivity index (χ0) is 13.1. The summed E-state index contributed by atoms with van der Waals surface area (Å²) in [5.74, 6) is 0.202. The van der Waals surface area contributed by atoms with Crippen LogP contribution in [0.1, 0.15) is 18.4 Å². The minimum absolute atomic E-state index is 0.216. The molecule has 1 aliphatic heterocycles. The first-order valence-electron chi connectivity index (χ1n) is 6.38. The van der Waals surface area contributed by atoms with Crippen molar-refractivity contribution in [1.82, 2.24) is 9.88 Å². The number of nitrogens with zero attached hydrogens (tertiary/aromatic N) is 3. The normalized spacial score (nSPS) is 19.8. The van der Waals surface area contributed by atoms with Gasteiger partial charge in [0, 0.05) is 37.4 Å². The molecule has 0 saturated carbocycles. The average molecular weight is 252 g/mol. The minimum Gasteiger partial charge on any atom is -0.350 e. The van der Waals surface area contributed by atoms with E-state index < -0.39 is 0 Å². The van der Waals surface area contributed by atoms with Crippen LogP contribution in [-0.2, 0) is 6.54 Å². The third-order valence-electron chi connectivity index (χ3n) is 3.40. The first-order chi connectivity index (χ1) is 8.63. The van der Waals surface area contributed by atoms with E-state index in [0.29, 0.717) is 17.4 Å². The fourth-order valence-corrected chi connectivity index (χ4v) is 2.56. The maximum Gasteiger partial charge on any atom is 0.170 e. The zero-order valence-electron chi connectivity index (χ0n) is 11.1. The Labute approximate surface area is 108 Å². The van der Waals surface area contributed by atoms with Crippen molar-refractivity contribution in [2.24, 2.45) is 5.73 Å². The molecule has 1 aromatic heterocycles. The van der Waals surface area contributed by atoms with Crippen molar-refractivity contribution in [3.05, 3.63) is 23.6 Å². The molecule has 1 saturated heterocycles. The van der Waals surface area contributed by atoms with Gasteiger partial charge < -0.3 is 15.5 Å². The summed E-state index contributed by atoms with van der Waals surface area (Å²) in [6, 6.07) is 1.99. The van der Waals surface area contributed by atoms with Gasteiger partial charge in [-0.15, -0.1) is 0 Å². The summed E-state index contributed by atoms with van der Waals surface area (Å²) >= 11 is 0. The van der Waals surface area contributed by atoms with Gasteiger partial charge in [-0.2, -0.15) is 0 Å². The summed E-state index contributed by atoms with van der Waals surface area (Å²) in [5, 5.41) is 0. The molecule has 100 valence electrons. The summed E-state index contributed by atoms with van der Waals surface area (Å²) in [7, 11) is 4.08. The molecule has 1 aliphatic rings. The molecule has 0 aliphatic carbocycles. The molecule has 1 aromatic rings. The van der Waals surface area contributed by atoms with Gasteiger partial charge in [0.15, 0.2) is 11.6 Å². The lowest BCUT2D eigenvalue weighted by molar-refractivity contribution is 0.370. The Morgan fingerprint density at radius 2 is 2.33 bits per heavy atom. The van der Waals surface area contributed by atoms with Crippen molar-refractivity contribution in [3.63, 3.8) is 0 Å². The lowest BCUT2D eigenvalue weighted by atomic mass is 10.2. The highest BCUT2D eigenvalue weighted by Crippen LogP contribution is 2.27. The van der Waals surface area contributed by atoms with E-state index in [1.165, 1.54) is 0 Å². The van der Waals surface area contributed by atoms with Crippen molar-refractivity contribution in [2.45, 2.75) is 25.4 Å². The van der Waals surface area contributed by atoms with E-state index in [9.17, 15) is 4.39 Å². The van der Waals surface area contributed by atoms with Crippen LogP contribution in [0, 0.1) is 5.82 Å². The predicted molar refractivity (Wildman–Crippen MR) is 71.0 cm³/mol. The van der Waals surface area contributed by atoms with Crippen molar-refractivity contribution in [1.29, 1.82) is 0 Å². The van der Waals surface area contributed by atoms with Crippen LogP contribution in [0.5, 0.6) is 0 Å². The third-order valence-corrected chi connectivity index (χ3v) is 3.40. The maximum absolute atomic E-state index is 14.2. The molecule has 0 radical (unpaired) electrons. The number of rotatable bonds is 4. The molecule has 0 aromatic carbocycles. The van der Waals surface area contributed by atoms with Crippen molar-refractivity contribution >= 4 is 5.82 Å². The van der Waals surface area contributed by atoms with Crippen LogP contribution in [0.3, 0.4) is 0 Å². The van der Waals surface area contributed by atoms with E-state index in [0.717, 1.165) is 25.9 Å². The SMILES string of the molecule is CN(C)CC1CCCN1c1nccc(CN)c1F. The molecule has 0 amide bonds. The van der Waals surface area contributed by atoms with E-state index in [1.807, 2.05) is 14.1 Å². The lowest BCUT2D eigenvalue weighted by Gasteiger charge is -2.28. The molecule has 4 nitrogen and oxygen atoms in total. The minimum atomic E-state index is -0.259. The molecule has 2 heterocycles. The van der Waals surface area contributed by atoms with Crippen molar-refractivity contribution < 1.29 is 4.39 Å². The fraction of sp³-hybridized carbons (Fsp3) is 0.615. The van der Waals surface area contributed by atoms with Gasteiger partial charge in [-0.3, -0.25) is 0 Å². The Kier molecular flexibility index (Phi) is 4.14. The van der Waals surface area contributed by atoms with E-state index >= 15 is 0 Å². The van der Waals surface area contributed by atoms with Crippen LogP contribution < -0.4 is 10.6 Å². The fourth-order valence-electron chi connectivity index (χ4n) is 2.56. The quantitative estimate of drug-likeness (QED) is 0.875. The highest BCUT2D eigenvalue weighted by Gasteiger charge is 2.28. The number of hydrogen-bond donors (Lipinski definition) is 1. The van der Waals surface area contributed by atoms with Gasteiger partial charge in [-0.1, -0.05) is 0 Å². The van der Waals surface area contributed by atoms with Gasteiger partial charge in [-0.25, -0.2) is 9.37 Å². The predicted octanol–water partition coefficient (Wildman–Crippen LogP) is 1.21. The Balaban J connectivity index is 2.24. The van der Waals surface area contributed by atoms with Gasteiger partial charge in [0.05, 0.1) is 0 Å². The molecule has 5 heteroatoms. The summed E-state index contributed by atoms with van der Waals surface area (Å²) in [6.07, 6.45) is 3.82. The molecule has 0 bridgehead atoms. The van der Waals surface area contributed by atoms with Gasteiger partial charge in [0.1, 0.15) is 0 Å². The highest BCUT2D eigenvalue weighted by molar-refractivity contribution is 5.45. The second kappa shape index (κ2) is 5.63. The van der Waals surface area contributed by atoms with E-state index in [2.05, 4.69) is 14.8 Å². The Morgan fingerprint density at radius 1 is 1.56 bits per heavy atom. The second-order valence-corrected chi connectivity index (χ2v) is 5.06. The summed E-state index contributed by atoms with van der Waals surface area (Å²) < 4.78 is 14.2. The summed E-state index contributed by atoms with van der Waals surface area (Å²) in [6.45, 7) is 2.01. The summed E-state index contributed by atoms with van der Waals surface area (Å²) in [5.41, 5.74) is 6.08. The molecule has 2 N–H and O–H groups in total. The lowest BCUT2D eigenvalue weighted by Crippen LogP contribution is -2.38. The number of pyridine rings is 1. The third kappa shape index (κ3) is 2.62. The molecular formula is C13H21FN4. The Bertz CT molecular complexity index is 408. The van der Waals surface area contributed by atoms with Crippen LogP contribution in [-0.4, -0.2) is 43.1 Å². The number of anilines is 1. The average Bonchev–Trinajstić information content (AvgIpc) is 2.76. The largest absolute Gasteiger partial charge is 0.350 e. The standard InChI is InChI=1S/C13H21FN4/c1-17(2)9-11-4-3-7-18(11)13-12(14)10(8-15)5-6-16-13/h5-6,11H,3-4,7-9,15H2,1-2H3. The van der Waals surface area contributed by atoms with E-state index in [-0.39, 0.29) is 12.4 Å². The number of aromatic nitrogens is 1. The number of hydrogen-bond acceptors (Lipinski definition) is 4. The van der Waals surface area contributed by atoms with E-state index in [4.69, 9.17) is 5.73 Å². The van der Waals surface area contributed by atoms with Crippen LogP contribution in [0.25, 0.3) is 0 Å². The summed E-state index contributed by atoms with van der Waals surface area (Å²) in [4.78, 5) is 8.41. The second-order valence-electron chi connectivity index (χ2n) is 5.06. The molecule has 1 fully saturated rings. The Hall–Kier alpha value is -1.20. The van der Waals surface area contributed by atoms with Gasteiger partial charge in [0.25, 0.3) is 0 Å². The highest BCUT2D eigenvalue weighted by atomic mass is 19.1. The molecule has 1 atom stereocenters. The topological polar surface area (TPSA) is 45.4 Å². The molecular weight excluding hydrogens is 231 g/mol. The zero-order valence-corrected chi connectivity index (χ0v) is 11.1. The molecule has 18 heavy (non-hydrogen) atoms. The maximum atomic E-state index is 14.2. The smallest absolute Gasteiger partial charge is 0.170 e. The number of likely N-dealkylation sites (N-methyl/N-ethyl adjacent to an activating group) is 1. The molecule has 1 unspecified atom stereocenters. The molecule has 0 spiro atoms. The van der Waals surface area contributed by atoms with Crippen LogP contribution in [0.2, 0.25) is 0 Å². The monoisotopic (exact) mass is 252 g/mol. The van der Waals surface area contributed by atoms with Crippen LogP contribution in [0.4, 0.5) is 10.2 Å². The first-order valence-corrected chi connectivity index (χ1v) is 6.38. The van der Waals surface area contributed by atoms with Gasteiger partial charge in [0.2, 0.25) is 0 Å². The van der Waals surface area contributed by atoms with Crippen LogP contribution in [0.15, 0.2) is 12.3 Å². The van der Waals surface area contributed by atoms with Gasteiger partial charge in [-0.05, 0) is 33.0 Å². The number of nitrogens with two attached hydrogens (primary N) is 1. The Morgan fingerprint density at radius 3 is 3.00 bits per heavy atom. The first kappa shape index (κ1) is 13.2. The van der Waals surface area contributed by atoms with Gasteiger partial charge >= 0.3 is 0 Å². The van der Waals surface area contributed by atoms with Crippen LogP contribution >= 0.6 is 0 Å². The van der Waals surface area contributed by atoms with Crippen molar-refractivity contribution in [2.75, 3.05) is 32.1 Å². The number of halogens is 1. The van der Waals surface area contributed by atoms with E-state index in [1.54, 1.807) is 12.3 Å². The van der Waals surface area contributed by atoms with Crippen molar-refractivity contribution in [3.8, 4) is 0 Å².